The van der Waals surface area contributed by atoms with Crippen LogP contribution in [0.5, 0.6) is 0 Å². The largest absolute Gasteiger partial charge is 0.387 e. The predicted octanol–water partition coefficient (Wildman–Crippen LogP) is 2.76. The van der Waals surface area contributed by atoms with Gasteiger partial charge in [-0.15, -0.1) is 0 Å². The summed E-state index contributed by atoms with van der Waals surface area (Å²) in [6, 6.07) is 4.57. The van der Waals surface area contributed by atoms with Crippen molar-refractivity contribution in [2.45, 2.75) is 45.8 Å². The lowest BCUT2D eigenvalue weighted by atomic mass is 9.93. The van der Waals surface area contributed by atoms with E-state index in [1.807, 2.05) is 12.3 Å². The minimum atomic E-state index is -0.483. The Morgan fingerprint density at radius 3 is 2.71 bits per heavy atom. The second-order valence-electron chi connectivity index (χ2n) is 5.29. The monoisotopic (exact) mass is 234 g/mol. The number of aliphatic hydroxyl groups is 1. The molecule has 0 spiro atoms. The first-order valence-electron chi connectivity index (χ1n) is 6.48. The highest BCUT2D eigenvalue weighted by atomic mass is 16.3. The van der Waals surface area contributed by atoms with Gasteiger partial charge < -0.3 is 10.0 Å². The van der Waals surface area contributed by atoms with Crippen LogP contribution < -0.4 is 4.90 Å². The van der Waals surface area contributed by atoms with E-state index in [4.69, 9.17) is 0 Å². The maximum absolute atomic E-state index is 9.44. The lowest BCUT2D eigenvalue weighted by Gasteiger charge is -2.38. The average Bonchev–Trinajstić information content (AvgIpc) is 2.29. The molecule has 1 aromatic rings. The average molecular weight is 234 g/mol. The molecule has 1 saturated heterocycles. The van der Waals surface area contributed by atoms with Gasteiger partial charge in [0, 0.05) is 12.6 Å². The molecule has 0 radical (unpaired) electrons. The van der Waals surface area contributed by atoms with Crippen LogP contribution in [0.15, 0.2) is 18.3 Å². The summed E-state index contributed by atoms with van der Waals surface area (Å²) in [7, 11) is 0. The molecule has 1 aromatic heterocycles. The summed E-state index contributed by atoms with van der Waals surface area (Å²) in [5.74, 6) is 0.825. The Balaban J connectivity index is 2.11. The molecule has 2 rings (SSSR count). The van der Waals surface area contributed by atoms with E-state index in [1.165, 1.54) is 18.5 Å². The molecule has 3 unspecified atom stereocenters. The molecule has 0 aromatic carbocycles. The Labute approximate surface area is 103 Å². The first-order chi connectivity index (χ1) is 8.08. The second kappa shape index (κ2) is 5.05. The molecule has 0 saturated carbocycles. The summed E-state index contributed by atoms with van der Waals surface area (Å²) in [6.07, 6.45) is 3.90. The van der Waals surface area contributed by atoms with Crippen molar-refractivity contribution in [3.63, 3.8) is 0 Å². The number of anilines is 1. The molecule has 0 bridgehead atoms. The third-order valence-corrected chi connectivity index (χ3v) is 3.67. The highest BCUT2D eigenvalue weighted by molar-refractivity contribution is 5.46. The van der Waals surface area contributed by atoms with Crippen LogP contribution in [0, 0.1) is 5.92 Å². The fourth-order valence-corrected chi connectivity index (χ4v) is 2.61. The molecule has 2 heterocycles. The number of aromatic nitrogens is 1. The normalized spacial score (nSPS) is 26.9. The molecule has 1 N–H and O–H groups in total. The van der Waals surface area contributed by atoms with Crippen molar-refractivity contribution in [3.05, 3.63) is 24.0 Å². The molecule has 0 aliphatic carbocycles. The summed E-state index contributed by atoms with van der Waals surface area (Å²) in [5, 5.41) is 9.44. The van der Waals surface area contributed by atoms with E-state index in [2.05, 4.69) is 29.8 Å². The van der Waals surface area contributed by atoms with Gasteiger partial charge in [-0.3, -0.25) is 4.98 Å². The van der Waals surface area contributed by atoms with E-state index < -0.39 is 6.10 Å². The minimum absolute atomic E-state index is 0.483. The van der Waals surface area contributed by atoms with Gasteiger partial charge in [0.2, 0.25) is 0 Å². The van der Waals surface area contributed by atoms with E-state index in [-0.39, 0.29) is 0 Å². The van der Waals surface area contributed by atoms with Crippen molar-refractivity contribution < 1.29 is 5.11 Å². The SMILES string of the molecule is CC1CCN(c2ccc(C(C)O)nc2)C(C)C1. The van der Waals surface area contributed by atoms with Crippen molar-refractivity contribution in [1.29, 1.82) is 0 Å². The first-order valence-corrected chi connectivity index (χ1v) is 6.48. The van der Waals surface area contributed by atoms with Crippen molar-refractivity contribution in [2.24, 2.45) is 5.92 Å². The number of hydrogen-bond donors (Lipinski definition) is 1. The van der Waals surface area contributed by atoms with E-state index in [0.717, 1.165) is 18.2 Å². The van der Waals surface area contributed by atoms with E-state index in [1.54, 1.807) is 6.92 Å². The van der Waals surface area contributed by atoms with Crippen molar-refractivity contribution in [1.82, 2.24) is 4.98 Å². The van der Waals surface area contributed by atoms with Gasteiger partial charge in [-0.25, -0.2) is 0 Å². The van der Waals surface area contributed by atoms with Gasteiger partial charge in [-0.2, -0.15) is 0 Å². The van der Waals surface area contributed by atoms with Crippen LogP contribution in [0.25, 0.3) is 0 Å². The summed E-state index contributed by atoms with van der Waals surface area (Å²) in [5.41, 5.74) is 1.92. The maximum Gasteiger partial charge on any atom is 0.0931 e. The van der Waals surface area contributed by atoms with Crippen LogP contribution in [0.1, 0.15) is 45.4 Å². The van der Waals surface area contributed by atoms with Gasteiger partial charge in [-0.05, 0) is 44.7 Å². The fraction of sp³-hybridized carbons (Fsp3) is 0.643. The van der Waals surface area contributed by atoms with Crippen LogP contribution in [-0.4, -0.2) is 22.7 Å². The summed E-state index contributed by atoms with van der Waals surface area (Å²) < 4.78 is 0. The molecule has 1 aliphatic heterocycles. The van der Waals surface area contributed by atoms with Gasteiger partial charge in [0.1, 0.15) is 0 Å². The first kappa shape index (κ1) is 12.4. The number of pyridine rings is 1. The number of hydrogen-bond acceptors (Lipinski definition) is 3. The zero-order valence-electron chi connectivity index (χ0n) is 10.9. The third kappa shape index (κ3) is 2.78. The summed E-state index contributed by atoms with van der Waals surface area (Å²) >= 11 is 0. The fourth-order valence-electron chi connectivity index (χ4n) is 2.61. The van der Waals surface area contributed by atoms with Gasteiger partial charge in [-0.1, -0.05) is 6.92 Å². The highest BCUT2D eigenvalue weighted by Gasteiger charge is 2.23. The number of aliphatic hydroxyl groups excluding tert-OH is 1. The Bertz CT molecular complexity index is 361. The van der Waals surface area contributed by atoms with Crippen molar-refractivity contribution in [2.75, 3.05) is 11.4 Å². The Kier molecular flexibility index (Phi) is 3.67. The standard InChI is InChI=1S/C14H22N2O/c1-10-6-7-16(11(2)8-10)13-4-5-14(12(3)17)15-9-13/h4-5,9-12,17H,6-8H2,1-3H3. The smallest absolute Gasteiger partial charge is 0.0931 e. The molecule has 3 nitrogen and oxygen atoms in total. The van der Waals surface area contributed by atoms with Crippen molar-refractivity contribution >= 4 is 5.69 Å². The molecule has 17 heavy (non-hydrogen) atoms. The number of piperidine rings is 1. The van der Waals surface area contributed by atoms with Gasteiger partial charge in [0.25, 0.3) is 0 Å². The van der Waals surface area contributed by atoms with Crippen LogP contribution >= 0.6 is 0 Å². The van der Waals surface area contributed by atoms with E-state index >= 15 is 0 Å². The third-order valence-electron chi connectivity index (χ3n) is 3.67. The quantitative estimate of drug-likeness (QED) is 0.854. The topological polar surface area (TPSA) is 36.4 Å². The van der Waals surface area contributed by atoms with E-state index in [9.17, 15) is 5.11 Å². The van der Waals surface area contributed by atoms with Gasteiger partial charge >= 0.3 is 0 Å². The Hall–Kier alpha value is -1.09. The molecule has 94 valence electrons. The lowest BCUT2D eigenvalue weighted by Crippen LogP contribution is -2.40. The van der Waals surface area contributed by atoms with Gasteiger partial charge in [0.05, 0.1) is 23.7 Å². The summed E-state index contributed by atoms with van der Waals surface area (Å²) in [6.45, 7) is 7.45. The minimum Gasteiger partial charge on any atom is -0.387 e. The molecular weight excluding hydrogens is 212 g/mol. The van der Waals surface area contributed by atoms with Crippen LogP contribution in [-0.2, 0) is 0 Å². The lowest BCUT2D eigenvalue weighted by molar-refractivity contribution is 0.194. The Morgan fingerprint density at radius 2 is 2.18 bits per heavy atom. The Morgan fingerprint density at radius 1 is 1.41 bits per heavy atom. The highest BCUT2D eigenvalue weighted by Crippen LogP contribution is 2.27. The molecule has 1 fully saturated rings. The van der Waals surface area contributed by atoms with E-state index in [0.29, 0.717) is 6.04 Å². The molecule has 1 aliphatic rings. The maximum atomic E-state index is 9.44. The van der Waals surface area contributed by atoms with Gasteiger partial charge in [0.15, 0.2) is 0 Å². The zero-order valence-corrected chi connectivity index (χ0v) is 10.9. The van der Waals surface area contributed by atoms with Crippen LogP contribution in [0.3, 0.4) is 0 Å². The predicted molar refractivity (Wildman–Crippen MR) is 70.1 cm³/mol. The molecule has 0 amide bonds. The molecule has 3 heteroatoms. The number of rotatable bonds is 2. The molecular formula is C14H22N2O. The summed E-state index contributed by atoms with van der Waals surface area (Å²) in [4.78, 5) is 6.73. The number of nitrogens with zero attached hydrogens (tertiary/aromatic N) is 2. The second-order valence-corrected chi connectivity index (χ2v) is 5.29. The molecule has 3 atom stereocenters. The van der Waals surface area contributed by atoms with Crippen LogP contribution in [0.2, 0.25) is 0 Å². The van der Waals surface area contributed by atoms with Crippen LogP contribution in [0.4, 0.5) is 5.69 Å². The van der Waals surface area contributed by atoms with Crippen molar-refractivity contribution in [3.8, 4) is 0 Å². The zero-order chi connectivity index (χ0) is 12.4.